The van der Waals surface area contributed by atoms with E-state index < -0.39 is 0 Å². The number of amides is 1. The summed E-state index contributed by atoms with van der Waals surface area (Å²) < 4.78 is 0. The van der Waals surface area contributed by atoms with Crippen LogP contribution in [0.1, 0.15) is 11.8 Å². The van der Waals surface area contributed by atoms with Crippen molar-refractivity contribution in [3.8, 4) is 11.3 Å². The first-order chi connectivity index (χ1) is 11.7. The van der Waals surface area contributed by atoms with Crippen molar-refractivity contribution < 1.29 is 4.79 Å². The Bertz CT molecular complexity index is 940. The van der Waals surface area contributed by atoms with Crippen molar-refractivity contribution in [3.63, 3.8) is 0 Å². The molecule has 2 aromatic heterocycles. The van der Waals surface area contributed by atoms with Gasteiger partial charge in [-0.2, -0.15) is 10.1 Å². The Morgan fingerprint density at radius 3 is 2.67 bits per heavy atom. The molecule has 0 radical (unpaired) electrons. The van der Waals surface area contributed by atoms with Crippen LogP contribution in [0, 0.1) is 0 Å². The van der Waals surface area contributed by atoms with Crippen molar-refractivity contribution in [2.45, 2.75) is 6.92 Å². The number of thiazole rings is 1. The van der Waals surface area contributed by atoms with Gasteiger partial charge >= 0.3 is 0 Å². The fourth-order valence-electron chi connectivity index (χ4n) is 2.43. The molecule has 1 aliphatic rings. The largest absolute Gasteiger partial charge is 0.282 e. The predicted molar refractivity (Wildman–Crippen MR) is 100 cm³/mol. The van der Waals surface area contributed by atoms with Gasteiger partial charge in [-0.25, -0.2) is 4.98 Å². The lowest BCUT2D eigenvalue weighted by Gasteiger charge is -2.06. The van der Waals surface area contributed by atoms with Crippen LogP contribution in [0.25, 0.3) is 17.3 Å². The van der Waals surface area contributed by atoms with E-state index in [0.717, 1.165) is 16.1 Å². The number of benzene rings is 1. The molecule has 6 heteroatoms. The maximum Gasteiger partial charge on any atom is 0.282 e. The van der Waals surface area contributed by atoms with Crippen LogP contribution in [-0.2, 0) is 4.79 Å². The van der Waals surface area contributed by atoms with E-state index in [1.165, 1.54) is 16.3 Å². The summed E-state index contributed by atoms with van der Waals surface area (Å²) in [6.45, 7) is 1.85. The number of nitrogens with zero attached hydrogens (tertiary/aromatic N) is 3. The number of hydrazone groups is 1. The molecule has 0 fully saturated rings. The summed E-state index contributed by atoms with van der Waals surface area (Å²) in [6.07, 6.45) is 1.89. The smallest absolute Gasteiger partial charge is 0.267 e. The zero-order valence-corrected chi connectivity index (χ0v) is 14.5. The molecule has 3 aromatic rings. The van der Waals surface area contributed by atoms with Crippen molar-refractivity contribution in [3.05, 3.63) is 63.7 Å². The maximum absolute atomic E-state index is 12.7. The Labute approximate surface area is 147 Å². The van der Waals surface area contributed by atoms with E-state index in [0.29, 0.717) is 16.4 Å². The Hall–Kier alpha value is -2.57. The van der Waals surface area contributed by atoms with Gasteiger partial charge in [0.05, 0.1) is 17.0 Å². The van der Waals surface area contributed by atoms with Gasteiger partial charge in [0.2, 0.25) is 5.13 Å². The highest BCUT2D eigenvalue weighted by molar-refractivity contribution is 7.14. The van der Waals surface area contributed by atoms with E-state index in [-0.39, 0.29) is 5.91 Å². The summed E-state index contributed by atoms with van der Waals surface area (Å²) in [7, 11) is 0. The Kier molecular flexibility index (Phi) is 3.84. The van der Waals surface area contributed by atoms with Gasteiger partial charge in [-0.3, -0.25) is 4.79 Å². The third kappa shape index (κ3) is 2.70. The summed E-state index contributed by atoms with van der Waals surface area (Å²) in [5, 5.41) is 10.3. The number of anilines is 1. The number of aromatic nitrogens is 1. The minimum Gasteiger partial charge on any atom is -0.267 e. The Morgan fingerprint density at radius 2 is 1.92 bits per heavy atom. The Balaban J connectivity index is 1.64. The minimum atomic E-state index is -0.130. The molecular weight excluding hydrogens is 338 g/mol. The van der Waals surface area contributed by atoms with Crippen LogP contribution in [-0.4, -0.2) is 16.6 Å². The highest BCUT2D eigenvalue weighted by Gasteiger charge is 2.30. The van der Waals surface area contributed by atoms with Gasteiger partial charge in [0, 0.05) is 15.8 Å². The second-order valence-electron chi connectivity index (χ2n) is 5.26. The average Bonchev–Trinajstić information content (AvgIpc) is 3.33. The lowest BCUT2D eigenvalue weighted by Crippen LogP contribution is -2.21. The van der Waals surface area contributed by atoms with Crippen LogP contribution >= 0.6 is 22.7 Å². The number of hydrogen-bond acceptors (Lipinski definition) is 5. The molecule has 3 heterocycles. The van der Waals surface area contributed by atoms with Gasteiger partial charge in [0.1, 0.15) is 0 Å². The second kappa shape index (κ2) is 6.14. The van der Waals surface area contributed by atoms with Gasteiger partial charge in [-0.1, -0.05) is 36.4 Å². The molecule has 4 nitrogen and oxygen atoms in total. The molecule has 0 saturated heterocycles. The fourth-order valence-corrected chi connectivity index (χ4v) is 3.87. The van der Waals surface area contributed by atoms with E-state index in [9.17, 15) is 4.79 Å². The summed E-state index contributed by atoms with van der Waals surface area (Å²) in [5.41, 5.74) is 3.22. The zero-order chi connectivity index (χ0) is 16.5. The van der Waals surface area contributed by atoms with Crippen LogP contribution in [0.4, 0.5) is 5.13 Å². The first kappa shape index (κ1) is 15.0. The van der Waals surface area contributed by atoms with Crippen LogP contribution < -0.4 is 5.01 Å². The molecule has 4 rings (SSSR count). The standard InChI is InChI=1S/C18H13N3OS2/c1-12-15(10-14-8-5-9-23-14)17(22)21(20-12)18-19-16(11-24-18)13-6-3-2-4-7-13/h2-11H,1H3/b15-10+. The first-order valence-electron chi connectivity index (χ1n) is 7.38. The summed E-state index contributed by atoms with van der Waals surface area (Å²) in [6, 6.07) is 13.9. The zero-order valence-electron chi connectivity index (χ0n) is 12.8. The van der Waals surface area contributed by atoms with E-state index >= 15 is 0 Å². The number of carbonyl (C=O) groups excluding carboxylic acids is 1. The van der Waals surface area contributed by atoms with Crippen molar-refractivity contribution in [2.75, 3.05) is 5.01 Å². The minimum absolute atomic E-state index is 0.130. The number of thiophene rings is 1. The number of carbonyl (C=O) groups is 1. The molecule has 118 valence electrons. The van der Waals surface area contributed by atoms with Crippen LogP contribution in [0.2, 0.25) is 0 Å². The third-order valence-electron chi connectivity index (χ3n) is 3.64. The summed E-state index contributed by atoms with van der Waals surface area (Å²) >= 11 is 3.02. The van der Waals surface area contributed by atoms with Crippen LogP contribution in [0.5, 0.6) is 0 Å². The maximum atomic E-state index is 12.7. The van der Waals surface area contributed by atoms with Crippen molar-refractivity contribution in [1.82, 2.24) is 4.98 Å². The molecule has 0 unspecified atom stereocenters. The molecule has 0 spiro atoms. The lowest BCUT2D eigenvalue weighted by atomic mass is 10.1. The van der Waals surface area contributed by atoms with Crippen molar-refractivity contribution >= 4 is 45.5 Å². The molecule has 0 N–H and O–H groups in total. The quantitative estimate of drug-likeness (QED) is 0.643. The predicted octanol–water partition coefficient (Wildman–Crippen LogP) is 4.68. The summed E-state index contributed by atoms with van der Waals surface area (Å²) in [5.74, 6) is -0.130. The van der Waals surface area contributed by atoms with Gasteiger partial charge in [-0.05, 0) is 24.4 Å². The number of rotatable bonds is 3. The highest BCUT2D eigenvalue weighted by atomic mass is 32.1. The molecule has 0 aliphatic carbocycles. The van der Waals surface area contributed by atoms with Crippen molar-refractivity contribution in [1.29, 1.82) is 0 Å². The van der Waals surface area contributed by atoms with Gasteiger partial charge in [0.15, 0.2) is 0 Å². The molecule has 0 saturated carbocycles. The van der Waals surface area contributed by atoms with Crippen molar-refractivity contribution in [2.24, 2.45) is 5.10 Å². The Morgan fingerprint density at radius 1 is 1.08 bits per heavy atom. The molecule has 0 atom stereocenters. The van der Waals surface area contributed by atoms with E-state index in [1.807, 2.05) is 66.2 Å². The normalized spacial score (nSPS) is 16.0. The average molecular weight is 351 g/mol. The van der Waals surface area contributed by atoms with Crippen LogP contribution in [0.3, 0.4) is 0 Å². The fraction of sp³-hybridized carbons (Fsp3) is 0.0556. The van der Waals surface area contributed by atoms with Crippen LogP contribution in [0.15, 0.2) is 63.9 Å². The van der Waals surface area contributed by atoms with E-state index in [4.69, 9.17) is 0 Å². The molecule has 1 amide bonds. The SMILES string of the molecule is CC1=NN(c2nc(-c3ccccc3)cs2)C(=O)/C1=C/c1cccs1. The van der Waals surface area contributed by atoms with E-state index in [2.05, 4.69) is 10.1 Å². The third-order valence-corrected chi connectivity index (χ3v) is 5.27. The lowest BCUT2D eigenvalue weighted by molar-refractivity contribution is -0.114. The molecule has 24 heavy (non-hydrogen) atoms. The molecule has 0 bridgehead atoms. The first-order valence-corrected chi connectivity index (χ1v) is 9.14. The highest BCUT2D eigenvalue weighted by Crippen LogP contribution is 2.31. The monoisotopic (exact) mass is 351 g/mol. The summed E-state index contributed by atoms with van der Waals surface area (Å²) in [4.78, 5) is 18.3. The number of hydrogen-bond donors (Lipinski definition) is 0. The van der Waals surface area contributed by atoms with E-state index in [1.54, 1.807) is 11.3 Å². The second-order valence-corrected chi connectivity index (χ2v) is 7.07. The topological polar surface area (TPSA) is 45.6 Å². The molecule has 1 aromatic carbocycles. The van der Waals surface area contributed by atoms with Gasteiger partial charge in [0.25, 0.3) is 5.91 Å². The molecule has 1 aliphatic heterocycles. The molecular formula is C18H13N3OS2. The van der Waals surface area contributed by atoms with Gasteiger partial charge < -0.3 is 0 Å². The van der Waals surface area contributed by atoms with Gasteiger partial charge in [-0.15, -0.1) is 22.7 Å².